The maximum atomic E-state index is 13.7. The Hall–Kier alpha value is -3.66. The molecular weight excluding hydrogens is 455 g/mol. The molecule has 11 heteroatoms. The Bertz CT molecular complexity index is 1050. The minimum absolute atomic E-state index is 0.0258. The van der Waals surface area contributed by atoms with Gasteiger partial charge in [-0.2, -0.15) is 5.10 Å². The zero-order valence-corrected chi connectivity index (χ0v) is 19.0. The van der Waals surface area contributed by atoms with E-state index in [0.717, 1.165) is 0 Å². The summed E-state index contributed by atoms with van der Waals surface area (Å²) in [4.78, 5) is 35.4. The second-order valence-electron chi connectivity index (χ2n) is 6.91. The number of hydrogen-bond acceptors (Lipinski definition) is 6. The molecule has 3 N–H and O–H groups in total. The average Bonchev–Trinajstić information content (AvgIpc) is 2.74. The molecule has 2 aromatic rings. The Kier molecular flexibility index (Phi) is 9.62. The van der Waals surface area contributed by atoms with Gasteiger partial charge in [-0.05, 0) is 50.6 Å². The molecule has 0 saturated heterocycles. The van der Waals surface area contributed by atoms with Crippen molar-refractivity contribution in [1.29, 1.82) is 0 Å². The fraction of sp³-hybridized carbons (Fsp3) is 0.273. The van der Waals surface area contributed by atoms with Crippen LogP contribution in [0.5, 0.6) is 11.5 Å². The first-order valence-electron chi connectivity index (χ1n) is 9.98. The quantitative estimate of drug-likeness (QED) is 0.291. The van der Waals surface area contributed by atoms with Crippen molar-refractivity contribution in [2.24, 2.45) is 5.10 Å². The first kappa shape index (κ1) is 25.6. The van der Waals surface area contributed by atoms with E-state index in [1.54, 1.807) is 26.8 Å². The van der Waals surface area contributed by atoms with Gasteiger partial charge in [0, 0.05) is 6.04 Å². The van der Waals surface area contributed by atoms with E-state index < -0.39 is 30.1 Å². The highest BCUT2D eigenvalue weighted by Crippen LogP contribution is 2.36. The summed E-state index contributed by atoms with van der Waals surface area (Å²) in [7, 11) is 0. The number of rotatable bonds is 9. The van der Waals surface area contributed by atoms with Crippen LogP contribution in [0.2, 0.25) is 5.02 Å². The number of para-hydroxylation sites is 1. The number of anilines is 1. The van der Waals surface area contributed by atoms with Crippen molar-refractivity contribution in [2.75, 3.05) is 18.5 Å². The Labute approximate surface area is 195 Å². The van der Waals surface area contributed by atoms with E-state index in [0.29, 0.717) is 5.56 Å². The number of amides is 3. The number of hydrogen-bond donors (Lipinski definition) is 3. The minimum Gasteiger partial charge on any atom is -0.490 e. The molecule has 9 nitrogen and oxygen atoms in total. The number of nitrogens with one attached hydrogen (secondary N) is 3. The average molecular weight is 479 g/mol. The molecule has 2 rings (SSSR count). The number of benzene rings is 2. The lowest BCUT2D eigenvalue weighted by Crippen LogP contribution is -2.41. The molecule has 0 fully saturated rings. The van der Waals surface area contributed by atoms with Gasteiger partial charge in [0.05, 0.1) is 23.5 Å². The van der Waals surface area contributed by atoms with Gasteiger partial charge in [0.25, 0.3) is 5.91 Å². The Morgan fingerprint density at radius 3 is 2.55 bits per heavy atom. The lowest BCUT2D eigenvalue weighted by molar-refractivity contribution is -0.139. The second kappa shape index (κ2) is 12.4. The number of halogens is 2. The summed E-state index contributed by atoms with van der Waals surface area (Å²) in [5.74, 6) is -2.55. The highest BCUT2D eigenvalue weighted by molar-refractivity contribution is 6.35. The fourth-order valence-electron chi connectivity index (χ4n) is 2.50. The summed E-state index contributed by atoms with van der Waals surface area (Å²) < 4.78 is 24.7. The van der Waals surface area contributed by atoms with Crippen molar-refractivity contribution in [1.82, 2.24) is 10.7 Å². The van der Waals surface area contributed by atoms with Gasteiger partial charge in [-0.15, -0.1) is 0 Å². The molecule has 0 saturated carbocycles. The first-order chi connectivity index (χ1) is 15.7. The number of carbonyl (C=O) groups is 3. The summed E-state index contributed by atoms with van der Waals surface area (Å²) >= 11 is 6.28. The third kappa shape index (κ3) is 8.08. The predicted octanol–water partition coefficient (Wildman–Crippen LogP) is 2.87. The molecule has 33 heavy (non-hydrogen) atoms. The molecule has 3 amide bonds. The zero-order chi connectivity index (χ0) is 24.4. The number of nitrogens with zero attached hydrogens (tertiary/aromatic N) is 1. The summed E-state index contributed by atoms with van der Waals surface area (Å²) in [6.45, 7) is 5.03. The van der Waals surface area contributed by atoms with Crippen LogP contribution >= 0.6 is 11.6 Å². The second-order valence-corrected chi connectivity index (χ2v) is 7.31. The van der Waals surface area contributed by atoms with Crippen LogP contribution in [0.1, 0.15) is 26.3 Å². The van der Waals surface area contributed by atoms with Gasteiger partial charge in [-0.1, -0.05) is 23.7 Å². The third-order valence-corrected chi connectivity index (χ3v) is 4.11. The van der Waals surface area contributed by atoms with E-state index in [1.165, 1.54) is 36.5 Å². The molecule has 0 spiro atoms. The van der Waals surface area contributed by atoms with Gasteiger partial charge < -0.3 is 20.1 Å². The van der Waals surface area contributed by atoms with Crippen molar-refractivity contribution in [2.45, 2.75) is 26.8 Å². The van der Waals surface area contributed by atoms with E-state index in [9.17, 15) is 18.8 Å². The largest absolute Gasteiger partial charge is 0.490 e. The lowest BCUT2D eigenvalue weighted by Gasteiger charge is -2.14. The van der Waals surface area contributed by atoms with E-state index in [-0.39, 0.29) is 34.9 Å². The van der Waals surface area contributed by atoms with Gasteiger partial charge in [-0.3, -0.25) is 14.4 Å². The van der Waals surface area contributed by atoms with Crippen molar-refractivity contribution >= 4 is 41.2 Å². The first-order valence-corrected chi connectivity index (χ1v) is 10.4. The SMILES string of the molecule is CCOc1cc(/C=N\NC(=O)C(=O)NC(C)C)cc(Cl)c1OCC(=O)Nc1ccccc1F. The fourth-order valence-corrected chi connectivity index (χ4v) is 2.77. The molecule has 0 heterocycles. The van der Waals surface area contributed by atoms with Gasteiger partial charge in [-0.25, -0.2) is 9.82 Å². The van der Waals surface area contributed by atoms with E-state index >= 15 is 0 Å². The highest BCUT2D eigenvalue weighted by Gasteiger charge is 2.16. The zero-order valence-electron chi connectivity index (χ0n) is 18.3. The Balaban J connectivity index is 2.06. The molecule has 176 valence electrons. The van der Waals surface area contributed by atoms with Crippen LogP contribution in [0.25, 0.3) is 0 Å². The Morgan fingerprint density at radius 1 is 1.15 bits per heavy atom. The van der Waals surface area contributed by atoms with Gasteiger partial charge in [0.2, 0.25) is 0 Å². The van der Waals surface area contributed by atoms with Crippen LogP contribution in [0.15, 0.2) is 41.5 Å². The molecule has 0 unspecified atom stereocenters. The van der Waals surface area contributed by atoms with E-state index in [2.05, 4.69) is 21.2 Å². The Morgan fingerprint density at radius 2 is 1.88 bits per heavy atom. The summed E-state index contributed by atoms with van der Waals surface area (Å²) in [6.07, 6.45) is 1.27. The van der Waals surface area contributed by atoms with Crippen molar-refractivity contribution in [3.63, 3.8) is 0 Å². The van der Waals surface area contributed by atoms with Crippen LogP contribution in [-0.4, -0.2) is 43.2 Å². The molecule has 0 bridgehead atoms. The summed E-state index contributed by atoms with van der Waals surface area (Å²) in [5, 5.41) is 8.69. The maximum Gasteiger partial charge on any atom is 0.329 e. The van der Waals surface area contributed by atoms with Crippen LogP contribution in [0.3, 0.4) is 0 Å². The predicted molar refractivity (Wildman–Crippen MR) is 122 cm³/mol. The van der Waals surface area contributed by atoms with Crippen molar-refractivity contribution in [3.05, 3.63) is 52.8 Å². The minimum atomic E-state index is -0.920. The number of ether oxygens (including phenoxy) is 2. The van der Waals surface area contributed by atoms with Crippen LogP contribution in [-0.2, 0) is 14.4 Å². The molecule has 0 aromatic heterocycles. The lowest BCUT2D eigenvalue weighted by atomic mass is 10.2. The number of hydrazone groups is 1. The molecule has 0 aliphatic carbocycles. The standard InChI is InChI=1S/C22H24ClFN4O5/c1-4-32-18-10-14(11-25-28-22(31)21(30)26-13(2)3)9-15(23)20(18)33-12-19(29)27-17-8-6-5-7-16(17)24/h5-11,13H,4,12H2,1-3H3,(H,26,30)(H,27,29)(H,28,31)/b25-11-. The van der Waals surface area contributed by atoms with Crippen molar-refractivity contribution < 1.29 is 28.2 Å². The van der Waals surface area contributed by atoms with Gasteiger partial charge in [0.15, 0.2) is 18.1 Å². The molecule has 0 aliphatic rings. The molecule has 0 aliphatic heterocycles. The van der Waals surface area contributed by atoms with E-state index in [4.69, 9.17) is 21.1 Å². The normalized spacial score (nSPS) is 10.7. The van der Waals surface area contributed by atoms with Crippen LogP contribution in [0, 0.1) is 5.82 Å². The molecular formula is C22H24ClFN4O5. The highest BCUT2D eigenvalue weighted by atomic mass is 35.5. The molecule has 0 radical (unpaired) electrons. The monoisotopic (exact) mass is 478 g/mol. The summed E-state index contributed by atoms with van der Waals surface area (Å²) in [6, 6.07) is 8.54. The topological polar surface area (TPSA) is 118 Å². The third-order valence-electron chi connectivity index (χ3n) is 3.83. The molecule has 2 aromatic carbocycles. The molecule has 0 atom stereocenters. The summed E-state index contributed by atoms with van der Waals surface area (Å²) in [5.41, 5.74) is 2.58. The van der Waals surface area contributed by atoms with Crippen molar-refractivity contribution in [3.8, 4) is 11.5 Å². The van der Waals surface area contributed by atoms with Crippen LogP contribution < -0.4 is 25.5 Å². The van der Waals surface area contributed by atoms with Crippen LogP contribution in [0.4, 0.5) is 10.1 Å². The van der Waals surface area contributed by atoms with Gasteiger partial charge in [0.1, 0.15) is 5.82 Å². The van der Waals surface area contributed by atoms with E-state index in [1.807, 2.05) is 0 Å². The smallest absolute Gasteiger partial charge is 0.329 e. The number of carbonyl (C=O) groups excluding carboxylic acids is 3. The van der Waals surface area contributed by atoms with Gasteiger partial charge >= 0.3 is 11.8 Å². The maximum absolute atomic E-state index is 13.7.